The number of hydrogen-bond donors (Lipinski definition) is 0. The van der Waals surface area contributed by atoms with Gasteiger partial charge in [0, 0.05) is 0 Å². The van der Waals surface area contributed by atoms with Crippen LogP contribution in [0.3, 0.4) is 0 Å². The lowest BCUT2D eigenvalue weighted by atomic mass is 9.44. The molecule has 4 heteroatoms. The van der Waals surface area contributed by atoms with Gasteiger partial charge in [0.25, 0.3) is 0 Å². The highest BCUT2D eigenvalue weighted by atomic mass is 14.7. The van der Waals surface area contributed by atoms with Crippen molar-refractivity contribution in [2.24, 2.45) is 22.7 Å². The minimum Gasteiger partial charge on any atom is -0.196 e. The highest BCUT2D eigenvalue weighted by Crippen LogP contribution is 2.62. The number of nitriles is 4. The molecule has 4 nitrogen and oxygen atoms in total. The molecule has 0 aliphatic heterocycles. The van der Waals surface area contributed by atoms with Crippen molar-refractivity contribution in [3.63, 3.8) is 0 Å². The lowest BCUT2D eigenvalue weighted by Gasteiger charge is -2.51. The van der Waals surface area contributed by atoms with E-state index in [1.165, 1.54) is 0 Å². The Morgan fingerprint density at radius 2 is 0.875 bits per heavy atom. The van der Waals surface area contributed by atoms with Crippen LogP contribution in [0, 0.1) is 68.0 Å². The summed E-state index contributed by atoms with van der Waals surface area (Å²) in [5, 5.41) is 37.1. The van der Waals surface area contributed by atoms with Crippen molar-refractivity contribution < 1.29 is 0 Å². The van der Waals surface area contributed by atoms with Crippen LogP contribution in [-0.2, 0) is 0 Å². The minimum absolute atomic E-state index is 0.119. The van der Waals surface area contributed by atoms with Gasteiger partial charge < -0.3 is 0 Å². The SMILES string of the molecule is N#CC1(C#N)C2CCC(CC2)C1(C#N)C#N. The highest BCUT2D eigenvalue weighted by molar-refractivity contribution is 5.39. The maximum absolute atomic E-state index is 9.29. The summed E-state index contributed by atoms with van der Waals surface area (Å²) in [5.74, 6) is -0.237. The first-order valence-electron chi connectivity index (χ1n) is 5.35. The van der Waals surface area contributed by atoms with Gasteiger partial charge in [-0.2, -0.15) is 21.0 Å². The van der Waals surface area contributed by atoms with Gasteiger partial charge in [0.1, 0.15) is 0 Å². The fourth-order valence-corrected chi connectivity index (χ4v) is 3.37. The fraction of sp³-hybridized carbons (Fsp3) is 0.667. The van der Waals surface area contributed by atoms with Crippen LogP contribution in [-0.4, -0.2) is 0 Å². The van der Waals surface area contributed by atoms with E-state index in [2.05, 4.69) is 0 Å². The van der Waals surface area contributed by atoms with E-state index in [1.807, 2.05) is 24.3 Å². The Labute approximate surface area is 94.3 Å². The molecule has 3 aliphatic rings. The summed E-state index contributed by atoms with van der Waals surface area (Å²) in [5.41, 5.74) is -2.84. The van der Waals surface area contributed by atoms with Crippen LogP contribution in [0.1, 0.15) is 25.7 Å². The van der Waals surface area contributed by atoms with Crippen LogP contribution >= 0.6 is 0 Å². The molecule has 2 bridgehead atoms. The Bertz CT molecular complexity index is 397. The molecule has 16 heavy (non-hydrogen) atoms. The Morgan fingerprint density at radius 3 is 1.06 bits per heavy atom. The molecule has 0 N–H and O–H groups in total. The Kier molecular flexibility index (Phi) is 2.11. The summed E-state index contributed by atoms with van der Waals surface area (Å²) in [6.07, 6.45) is 3.15. The summed E-state index contributed by atoms with van der Waals surface area (Å²) in [4.78, 5) is 0. The highest BCUT2D eigenvalue weighted by Gasteiger charge is 2.67. The van der Waals surface area contributed by atoms with E-state index in [0.717, 1.165) is 25.7 Å². The Balaban J connectivity index is 2.68. The third kappa shape index (κ3) is 0.856. The maximum Gasteiger partial charge on any atom is 0.178 e. The topological polar surface area (TPSA) is 95.2 Å². The molecule has 3 saturated carbocycles. The summed E-state index contributed by atoms with van der Waals surface area (Å²) in [6, 6.07) is 7.94. The van der Waals surface area contributed by atoms with Crippen LogP contribution in [0.2, 0.25) is 0 Å². The molecule has 0 spiro atoms. The third-order valence-corrected chi connectivity index (χ3v) is 4.28. The van der Waals surface area contributed by atoms with Gasteiger partial charge in [0.05, 0.1) is 24.3 Å². The molecule has 3 aliphatic carbocycles. The van der Waals surface area contributed by atoms with E-state index in [0.29, 0.717) is 0 Å². The summed E-state index contributed by atoms with van der Waals surface area (Å²) in [6.45, 7) is 0. The largest absolute Gasteiger partial charge is 0.196 e. The van der Waals surface area contributed by atoms with Crippen molar-refractivity contribution >= 4 is 0 Å². The second kappa shape index (κ2) is 3.23. The molecule has 0 amide bonds. The fourth-order valence-electron chi connectivity index (χ4n) is 3.37. The van der Waals surface area contributed by atoms with Gasteiger partial charge in [-0.25, -0.2) is 0 Å². The zero-order valence-electron chi connectivity index (χ0n) is 8.77. The van der Waals surface area contributed by atoms with Crippen LogP contribution in [0.15, 0.2) is 0 Å². The molecular formula is C12H10N4. The molecule has 0 aromatic carbocycles. The van der Waals surface area contributed by atoms with Gasteiger partial charge in [-0.05, 0) is 37.5 Å². The van der Waals surface area contributed by atoms with Crippen LogP contribution < -0.4 is 0 Å². The predicted octanol–water partition coefficient (Wildman–Crippen LogP) is 1.87. The van der Waals surface area contributed by atoms with E-state index in [1.54, 1.807) is 0 Å². The van der Waals surface area contributed by atoms with Gasteiger partial charge in [0.2, 0.25) is 0 Å². The third-order valence-electron chi connectivity index (χ3n) is 4.28. The molecule has 0 atom stereocenters. The molecule has 0 radical (unpaired) electrons. The smallest absolute Gasteiger partial charge is 0.178 e. The van der Waals surface area contributed by atoms with Crippen molar-refractivity contribution in [2.75, 3.05) is 0 Å². The maximum atomic E-state index is 9.29. The van der Waals surface area contributed by atoms with Crippen LogP contribution in [0.4, 0.5) is 0 Å². The van der Waals surface area contributed by atoms with E-state index in [9.17, 15) is 21.0 Å². The minimum atomic E-state index is -1.42. The lowest BCUT2D eigenvalue weighted by Crippen LogP contribution is -2.55. The molecule has 0 unspecified atom stereocenters. The molecular weight excluding hydrogens is 200 g/mol. The molecule has 3 rings (SSSR count). The molecule has 0 aromatic heterocycles. The second-order valence-electron chi connectivity index (χ2n) is 4.61. The quantitative estimate of drug-likeness (QED) is 0.609. The summed E-state index contributed by atoms with van der Waals surface area (Å²) < 4.78 is 0. The standard InChI is InChI=1S/C12H10N4/c13-5-11(6-14)9-1-2-10(4-3-9)12(11,7-15)8-16/h9-10H,1-4H2. The van der Waals surface area contributed by atoms with E-state index in [4.69, 9.17) is 0 Å². The van der Waals surface area contributed by atoms with Crippen molar-refractivity contribution in [3.8, 4) is 24.3 Å². The van der Waals surface area contributed by atoms with Gasteiger partial charge in [-0.3, -0.25) is 0 Å². The van der Waals surface area contributed by atoms with Gasteiger partial charge in [0.15, 0.2) is 10.8 Å². The normalized spacial score (nSPS) is 32.8. The number of nitrogens with zero attached hydrogens (tertiary/aromatic N) is 4. The summed E-state index contributed by atoms with van der Waals surface area (Å²) >= 11 is 0. The van der Waals surface area contributed by atoms with Crippen molar-refractivity contribution in [2.45, 2.75) is 25.7 Å². The Hall–Kier alpha value is -2.04. The van der Waals surface area contributed by atoms with E-state index < -0.39 is 10.8 Å². The zero-order chi connectivity index (χ0) is 11.8. The molecule has 0 saturated heterocycles. The lowest BCUT2D eigenvalue weighted by molar-refractivity contribution is -0.00419. The zero-order valence-corrected chi connectivity index (χ0v) is 8.77. The number of rotatable bonds is 0. The van der Waals surface area contributed by atoms with E-state index in [-0.39, 0.29) is 11.8 Å². The summed E-state index contributed by atoms with van der Waals surface area (Å²) in [7, 11) is 0. The average Bonchev–Trinajstić information content (AvgIpc) is 2.38. The van der Waals surface area contributed by atoms with Crippen molar-refractivity contribution in [1.29, 1.82) is 21.0 Å². The van der Waals surface area contributed by atoms with Crippen LogP contribution in [0.25, 0.3) is 0 Å². The molecule has 0 heterocycles. The van der Waals surface area contributed by atoms with Gasteiger partial charge in [-0.15, -0.1) is 0 Å². The number of hydrogen-bond acceptors (Lipinski definition) is 4. The molecule has 0 aromatic rings. The molecule has 78 valence electrons. The first-order chi connectivity index (χ1) is 7.70. The van der Waals surface area contributed by atoms with Crippen molar-refractivity contribution in [3.05, 3.63) is 0 Å². The van der Waals surface area contributed by atoms with E-state index >= 15 is 0 Å². The Morgan fingerprint density at radius 1 is 0.625 bits per heavy atom. The number of fused-ring (bicyclic) bond motifs is 3. The monoisotopic (exact) mass is 210 g/mol. The average molecular weight is 210 g/mol. The second-order valence-corrected chi connectivity index (χ2v) is 4.61. The first kappa shape index (κ1) is 10.5. The predicted molar refractivity (Wildman–Crippen MR) is 52.8 cm³/mol. The van der Waals surface area contributed by atoms with Gasteiger partial charge >= 0.3 is 0 Å². The molecule has 3 fully saturated rings. The van der Waals surface area contributed by atoms with Gasteiger partial charge in [-0.1, -0.05) is 0 Å². The van der Waals surface area contributed by atoms with Crippen molar-refractivity contribution in [1.82, 2.24) is 0 Å². The first-order valence-corrected chi connectivity index (χ1v) is 5.35. The van der Waals surface area contributed by atoms with Crippen LogP contribution in [0.5, 0.6) is 0 Å².